The van der Waals surface area contributed by atoms with E-state index in [1.54, 1.807) is 12.1 Å². The van der Waals surface area contributed by atoms with Crippen molar-refractivity contribution in [3.63, 3.8) is 0 Å². The number of carbonyl (C=O) groups excluding carboxylic acids is 1. The quantitative estimate of drug-likeness (QED) is 0.676. The van der Waals surface area contributed by atoms with Gasteiger partial charge >= 0.3 is 0 Å². The molecule has 1 amide bonds. The van der Waals surface area contributed by atoms with Crippen LogP contribution in [0.3, 0.4) is 0 Å². The molecular formula is C20H23ClN2O4S. The molecule has 2 N–H and O–H groups in total. The molecular weight excluding hydrogens is 400 g/mol. The average molecular weight is 423 g/mol. The highest BCUT2D eigenvalue weighted by Gasteiger charge is 2.11. The van der Waals surface area contributed by atoms with Crippen molar-refractivity contribution >= 4 is 39.3 Å². The summed E-state index contributed by atoms with van der Waals surface area (Å²) in [5.74, 6) is 0.0933. The van der Waals surface area contributed by atoms with Gasteiger partial charge in [-0.3, -0.25) is 4.79 Å². The van der Waals surface area contributed by atoms with Gasteiger partial charge in [-0.25, -0.2) is 13.1 Å². The second-order valence-corrected chi connectivity index (χ2v) is 8.31. The van der Waals surface area contributed by atoms with Gasteiger partial charge in [-0.2, -0.15) is 0 Å². The Hall–Kier alpha value is -2.35. The van der Waals surface area contributed by atoms with Crippen LogP contribution in [0.1, 0.15) is 23.1 Å². The van der Waals surface area contributed by atoms with Gasteiger partial charge in [0.1, 0.15) is 5.75 Å². The average Bonchev–Trinajstić information content (AvgIpc) is 2.64. The molecule has 0 unspecified atom stereocenters. The molecule has 0 fully saturated rings. The van der Waals surface area contributed by atoms with Crippen LogP contribution < -0.4 is 14.8 Å². The maximum absolute atomic E-state index is 12.1. The van der Waals surface area contributed by atoms with E-state index >= 15 is 0 Å². The first-order valence-electron chi connectivity index (χ1n) is 8.58. The number of hydrogen-bond donors (Lipinski definition) is 2. The zero-order valence-electron chi connectivity index (χ0n) is 16.0. The Morgan fingerprint density at radius 3 is 2.50 bits per heavy atom. The van der Waals surface area contributed by atoms with Crippen LogP contribution in [0, 0.1) is 13.8 Å². The lowest BCUT2D eigenvalue weighted by Crippen LogP contribution is -2.26. The van der Waals surface area contributed by atoms with Crippen molar-refractivity contribution in [2.45, 2.75) is 20.3 Å². The number of methoxy groups -OCH3 is 1. The number of carbonyl (C=O) groups is 1. The summed E-state index contributed by atoms with van der Waals surface area (Å²) in [4.78, 5) is 12.1. The first-order valence-corrected chi connectivity index (χ1v) is 10.5. The molecule has 0 saturated carbocycles. The highest BCUT2D eigenvalue weighted by molar-refractivity contribution is 7.92. The molecule has 0 heterocycles. The molecule has 0 aliphatic carbocycles. The van der Waals surface area contributed by atoms with Gasteiger partial charge in [-0.05, 0) is 37.1 Å². The molecule has 0 bridgehead atoms. The molecule has 0 aromatic heterocycles. The fourth-order valence-corrected chi connectivity index (χ4v) is 3.32. The highest BCUT2D eigenvalue weighted by atomic mass is 35.5. The van der Waals surface area contributed by atoms with E-state index in [-0.39, 0.29) is 18.9 Å². The molecule has 0 spiro atoms. The highest BCUT2D eigenvalue weighted by Crippen LogP contribution is 2.30. The molecule has 2 aromatic rings. The number of aryl methyl sites for hydroxylation is 2. The van der Waals surface area contributed by atoms with Crippen molar-refractivity contribution in [3.8, 4) is 5.75 Å². The van der Waals surface area contributed by atoms with Gasteiger partial charge in [0.15, 0.2) is 0 Å². The molecule has 0 aliphatic heterocycles. The van der Waals surface area contributed by atoms with E-state index in [1.165, 1.54) is 13.2 Å². The standard InChI is InChI=1S/C20H23ClN2O4S/c1-14-4-6-16(7-5-14)9-11-28(25,26)22-10-8-20(24)23-18-12-15(2)17(21)13-19(18)27-3/h4-7,9,11-13,22H,8,10H2,1-3H3,(H,23,24)/b11-9+. The third kappa shape index (κ3) is 6.67. The number of halogens is 1. The molecule has 0 saturated heterocycles. The molecule has 6 nitrogen and oxygen atoms in total. The van der Waals surface area contributed by atoms with Crippen LogP contribution in [0.15, 0.2) is 41.8 Å². The van der Waals surface area contributed by atoms with Crippen LogP contribution in [-0.4, -0.2) is 28.0 Å². The number of hydrogen-bond acceptors (Lipinski definition) is 4. The van der Waals surface area contributed by atoms with E-state index in [0.717, 1.165) is 22.1 Å². The number of sulfonamides is 1. The van der Waals surface area contributed by atoms with Crippen LogP contribution in [-0.2, 0) is 14.8 Å². The lowest BCUT2D eigenvalue weighted by atomic mass is 10.2. The number of nitrogens with one attached hydrogen (secondary N) is 2. The maximum atomic E-state index is 12.1. The summed E-state index contributed by atoms with van der Waals surface area (Å²) >= 11 is 6.04. The van der Waals surface area contributed by atoms with Gasteiger partial charge in [0.25, 0.3) is 0 Å². The number of anilines is 1. The largest absolute Gasteiger partial charge is 0.495 e. The van der Waals surface area contributed by atoms with E-state index < -0.39 is 10.0 Å². The van der Waals surface area contributed by atoms with Gasteiger partial charge in [-0.1, -0.05) is 41.4 Å². The second-order valence-electron chi connectivity index (χ2n) is 6.25. The summed E-state index contributed by atoms with van der Waals surface area (Å²) in [7, 11) is -2.16. The lowest BCUT2D eigenvalue weighted by Gasteiger charge is -2.12. The van der Waals surface area contributed by atoms with Gasteiger partial charge in [0, 0.05) is 29.5 Å². The number of amides is 1. The summed E-state index contributed by atoms with van der Waals surface area (Å²) in [6.45, 7) is 3.74. The van der Waals surface area contributed by atoms with Crippen molar-refractivity contribution in [3.05, 3.63) is 63.5 Å². The number of benzene rings is 2. The van der Waals surface area contributed by atoms with Gasteiger partial charge in [-0.15, -0.1) is 0 Å². The van der Waals surface area contributed by atoms with E-state index in [4.69, 9.17) is 16.3 Å². The van der Waals surface area contributed by atoms with E-state index in [2.05, 4.69) is 10.0 Å². The summed E-state index contributed by atoms with van der Waals surface area (Å²) in [6.07, 6.45) is 1.48. The van der Waals surface area contributed by atoms with Gasteiger partial charge < -0.3 is 10.1 Å². The van der Waals surface area contributed by atoms with Crippen molar-refractivity contribution in [2.75, 3.05) is 19.0 Å². The van der Waals surface area contributed by atoms with Crippen LogP contribution in [0.5, 0.6) is 5.75 Å². The van der Waals surface area contributed by atoms with Crippen molar-refractivity contribution < 1.29 is 17.9 Å². The van der Waals surface area contributed by atoms with E-state index in [0.29, 0.717) is 16.5 Å². The summed E-state index contributed by atoms with van der Waals surface area (Å²) in [6, 6.07) is 10.8. The molecule has 0 aliphatic rings. The zero-order chi connectivity index (χ0) is 20.7. The van der Waals surface area contributed by atoms with Gasteiger partial charge in [0.05, 0.1) is 12.8 Å². The normalized spacial score (nSPS) is 11.6. The maximum Gasteiger partial charge on any atom is 0.233 e. The Kier molecular flexibility index (Phi) is 7.62. The fourth-order valence-electron chi connectivity index (χ4n) is 2.34. The Morgan fingerprint density at radius 2 is 1.86 bits per heavy atom. The molecule has 28 heavy (non-hydrogen) atoms. The Labute approximate surface area is 170 Å². The second kappa shape index (κ2) is 9.73. The Morgan fingerprint density at radius 1 is 1.18 bits per heavy atom. The molecule has 2 aromatic carbocycles. The molecule has 0 atom stereocenters. The zero-order valence-corrected chi connectivity index (χ0v) is 17.5. The first kappa shape index (κ1) is 21.9. The smallest absolute Gasteiger partial charge is 0.233 e. The summed E-state index contributed by atoms with van der Waals surface area (Å²) in [5.41, 5.74) is 3.15. The van der Waals surface area contributed by atoms with E-state index in [9.17, 15) is 13.2 Å². The van der Waals surface area contributed by atoms with Gasteiger partial charge in [0.2, 0.25) is 15.9 Å². The Balaban J connectivity index is 1.89. The number of rotatable bonds is 8. The molecule has 0 radical (unpaired) electrons. The third-order valence-electron chi connectivity index (χ3n) is 3.93. The lowest BCUT2D eigenvalue weighted by molar-refractivity contribution is -0.116. The SMILES string of the molecule is COc1cc(Cl)c(C)cc1NC(=O)CCNS(=O)(=O)/C=C/c1ccc(C)cc1. The first-order chi connectivity index (χ1) is 13.2. The monoisotopic (exact) mass is 422 g/mol. The predicted octanol–water partition coefficient (Wildman–Crippen LogP) is 3.88. The minimum Gasteiger partial charge on any atom is -0.495 e. The summed E-state index contributed by atoms with van der Waals surface area (Å²) < 4.78 is 31.6. The minimum absolute atomic E-state index is 0.0254. The molecule has 8 heteroatoms. The Bertz CT molecular complexity index is 970. The van der Waals surface area contributed by atoms with Crippen LogP contribution >= 0.6 is 11.6 Å². The fraction of sp³-hybridized carbons (Fsp3) is 0.250. The molecule has 150 valence electrons. The molecule has 2 rings (SSSR count). The minimum atomic E-state index is -3.64. The summed E-state index contributed by atoms with van der Waals surface area (Å²) in [5, 5.41) is 4.32. The van der Waals surface area contributed by atoms with Crippen molar-refractivity contribution in [1.29, 1.82) is 0 Å². The van der Waals surface area contributed by atoms with Crippen molar-refractivity contribution in [2.24, 2.45) is 0 Å². The van der Waals surface area contributed by atoms with E-state index in [1.807, 2.05) is 38.1 Å². The van der Waals surface area contributed by atoms with Crippen molar-refractivity contribution in [1.82, 2.24) is 4.72 Å². The number of ether oxygens (including phenoxy) is 1. The topological polar surface area (TPSA) is 84.5 Å². The predicted molar refractivity (Wildman–Crippen MR) is 113 cm³/mol. The third-order valence-corrected chi connectivity index (χ3v) is 5.44. The van der Waals surface area contributed by atoms with Crippen LogP contribution in [0.4, 0.5) is 5.69 Å². The van der Waals surface area contributed by atoms with Crippen LogP contribution in [0.2, 0.25) is 5.02 Å². The van der Waals surface area contributed by atoms with Crippen LogP contribution in [0.25, 0.3) is 6.08 Å².